The fourth-order valence-electron chi connectivity index (χ4n) is 1.76. The van der Waals surface area contributed by atoms with Gasteiger partial charge in [-0.2, -0.15) is 0 Å². The van der Waals surface area contributed by atoms with Crippen molar-refractivity contribution in [3.05, 3.63) is 35.4 Å². The van der Waals surface area contributed by atoms with E-state index in [0.29, 0.717) is 0 Å². The van der Waals surface area contributed by atoms with E-state index in [1.54, 1.807) is 0 Å². The van der Waals surface area contributed by atoms with Gasteiger partial charge in [0.05, 0.1) is 6.10 Å². The Morgan fingerprint density at radius 3 is 2.57 bits per heavy atom. The Morgan fingerprint density at radius 1 is 1.29 bits per heavy atom. The van der Waals surface area contributed by atoms with E-state index in [0.717, 1.165) is 25.3 Å². The van der Waals surface area contributed by atoms with Crippen molar-refractivity contribution in [3.8, 4) is 0 Å². The van der Waals surface area contributed by atoms with E-state index in [4.69, 9.17) is 0 Å². The lowest BCUT2D eigenvalue weighted by Gasteiger charge is -2.30. The fraction of sp³-hybridized carbons (Fsp3) is 0.455. The van der Waals surface area contributed by atoms with E-state index in [1.807, 2.05) is 0 Å². The zero-order chi connectivity index (χ0) is 10.1. The van der Waals surface area contributed by atoms with Crippen LogP contribution in [0.4, 0.5) is 8.78 Å². The monoisotopic (exact) mass is 198 g/mol. The van der Waals surface area contributed by atoms with E-state index in [1.165, 1.54) is 12.1 Å². The van der Waals surface area contributed by atoms with Gasteiger partial charge in [0.1, 0.15) is 0 Å². The molecule has 0 heterocycles. The molecule has 1 N–H and O–H groups in total. The van der Waals surface area contributed by atoms with Crippen LogP contribution in [0, 0.1) is 17.6 Å². The zero-order valence-electron chi connectivity index (χ0n) is 7.71. The van der Waals surface area contributed by atoms with Crippen LogP contribution in [-0.4, -0.2) is 5.11 Å². The maximum absolute atomic E-state index is 13.2. The van der Waals surface area contributed by atoms with Crippen molar-refractivity contribution in [1.82, 2.24) is 0 Å². The molecule has 1 unspecified atom stereocenters. The molecular formula is C11H12F2O. The SMILES string of the molecule is OC(c1cccc(F)c1F)C1CCC1. The molecule has 0 amide bonds. The highest BCUT2D eigenvalue weighted by Gasteiger charge is 2.29. The average Bonchev–Trinajstić information content (AvgIpc) is 2.06. The number of halogens is 2. The molecule has 14 heavy (non-hydrogen) atoms. The Labute approximate surface area is 81.4 Å². The second-order valence-corrected chi connectivity index (χ2v) is 3.78. The van der Waals surface area contributed by atoms with Crippen molar-refractivity contribution in [3.63, 3.8) is 0 Å². The first kappa shape index (κ1) is 9.59. The first-order valence-electron chi connectivity index (χ1n) is 4.82. The first-order chi connectivity index (χ1) is 6.70. The summed E-state index contributed by atoms with van der Waals surface area (Å²) in [5.74, 6) is -1.70. The van der Waals surface area contributed by atoms with Crippen LogP contribution in [-0.2, 0) is 0 Å². The van der Waals surface area contributed by atoms with Gasteiger partial charge in [-0.05, 0) is 24.8 Å². The van der Waals surface area contributed by atoms with Crippen molar-refractivity contribution >= 4 is 0 Å². The third-order valence-corrected chi connectivity index (χ3v) is 2.90. The van der Waals surface area contributed by atoms with Crippen molar-refractivity contribution in [2.75, 3.05) is 0 Å². The van der Waals surface area contributed by atoms with Crippen molar-refractivity contribution < 1.29 is 13.9 Å². The molecule has 1 nitrogen and oxygen atoms in total. The second-order valence-electron chi connectivity index (χ2n) is 3.78. The molecule has 1 saturated carbocycles. The average molecular weight is 198 g/mol. The minimum absolute atomic E-state index is 0.0923. The number of benzene rings is 1. The molecule has 1 aliphatic rings. The summed E-state index contributed by atoms with van der Waals surface area (Å²) in [5.41, 5.74) is 0.0923. The van der Waals surface area contributed by atoms with E-state index in [-0.39, 0.29) is 11.5 Å². The quantitative estimate of drug-likeness (QED) is 0.774. The van der Waals surface area contributed by atoms with Crippen LogP contribution < -0.4 is 0 Å². The molecule has 3 heteroatoms. The Bertz CT molecular complexity index is 334. The van der Waals surface area contributed by atoms with Crippen molar-refractivity contribution in [1.29, 1.82) is 0 Å². The molecule has 1 aromatic carbocycles. The molecular weight excluding hydrogens is 186 g/mol. The van der Waals surface area contributed by atoms with Crippen LogP contribution >= 0.6 is 0 Å². The van der Waals surface area contributed by atoms with Gasteiger partial charge in [0.15, 0.2) is 11.6 Å². The van der Waals surface area contributed by atoms with Gasteiger partial charge < -0.3 is 5.11 Å². The molecule has 0 aromatic heterocycles. The van der Waals surface area contributed by atoms with Gasteiger partial charge in [0.2, 0.25) is 0 Å². The van der Waals surface area contributed by atoms with Gasteiger partial charge in [-0.1, -0.05) is 18.6 Å². The fourth-order valence-corrected chi connectivity index (χ4v) is 1.76. The molecule has 1 aliphatic carbocycles. The van der Waals surface area contributed by atoms with Crippen LogP contribution in [0.25, 0.3) is 0 Å². The summed E-state index contributed by atoms with van der Waals surface area (Å²) in [6.07, 6.45) is 2.02. The van der Waals surface area contributed by atoms with Crippen LogP contribution in [0.2, 0.25) is 0 Å². The third-order valence-electron chi connectivity index (χ3n) is 2.90. The molecule has 76 valence electrons. The summed E-state index contributed by atoms with van der Waals surface area (Å²) in [6, 6.07) is 3.93. The van der Waals surface area contributed by atoms with Gasteiger partial charge in [0.25, 0.3) is 0 Å². The largest absolute Gasteiger partial charge is 0.388 e. The van der Waals surface area contributed by atoms with Crippen LogP contribution in [0.5, 0.6) is 0 Å². The first-order valence-corrected chi connectivity index (χ1v) is 4.82. The molecule has 1 atom stereocenters. The number of aliphatic hydroxyl groups excluding tert-OH is 1. The van der Waals surface area contributed by atoms with Crippen LogP contribution in [0.3, 0.4) is 0 Å². The number of hydrogen-bond acceptors (Lipinski definition) is 1. The Hall–Kier alpha value is -0.960. The van der Waals surface area contributed by atoms with Gasteiger partial charge in [-0.15, -0.1) is 0 Å². The second kappa shape index (κ2) is 3.65. The van der Waals surface area contributed by atoms with E-state index < -0.39 is 17.7 Å². The van der Waals surface area contributed by atoms with Gasteiger partial charge >= 0.3 is 0 Å². The molecule has 0 radical (unpaired) electrons. The van der Waals surface area contributed by atoms with Gasteiger partial charge in [-0.3, -0.25) is 0 Å². The Balaban J connectivity index is 2.26. The summed E-state index contributed by atoms with van der Waals surface area (Å²) < 4.78 is 26.1. The lowest BCUT2D eigenvalue weighted by atomic mass is 9.78. The summed E-state index contributed by atoms with van der Waals surface area (Å²) in [7, 11) is 0. The van der Waals surface area contributed by atoms with E-state index in [9.17, 15) is 13.9 Å². The highest BCUT2D eigenvalue weighted by Crippen LogP contribution is 2.38. The standard InChI is InChI=1S/C11H12F2O/c12-9-6-2-5-8(10(9)13)11(14)7-3-1-4-7/h2,5-7,11,14H,1,3-4H2. The molecule has 1 aromatic rings. The molecule has 0 aliphatic heterocycles. The predicted molar refractivity (Wildman–Crippen MR) is 48.7 cm³/mol. The van der Waals surface area contributed by atoms with Crippen LogP contribution in [0.1, 0.15) is 30.9 Å². The highest BCUT2D eigenvalue weighted by atomic mass is 19.2. The zero-order valence-corrected chi connectivity index (χ0v) is 7.71. The Kier molecular flexibility index (Phi) is 2.50. The minimum atomic E-state index is -0.910. The molecule has 0 spiro atoms. The van der Waals surface area contributed by atoms with Gasteiger partial charge in [0, 0.05) is 5.56 Å². The smallest absolute Gasteiger partial charge is 0.164 e. The number of hydrogen-bond donors (Lipinski definition) is 1. The molecule has 0 bridgehead atoms. The van der Waals surface area contributed by atoms with E-state index in [2.05, 4.69) is 0 Å². The molecule has 2 rings (SSSR count). The lowest BCUT2D eigenvalue weighted by molar-refractivity contribution is 0.0586. The summed E-state index contributed by atoms with van der Waals surface area (Å²) in [5, 5.41) is 9.74. The summed E-state index contributed by atoms with van der Waals surface area (Å²) >= 11 is 0. The van der Waals surface area contributed by atoms with Crippen molar-refractivity contribution in [2.24, 2.45) is 5.92 Å². The van der Waals surface area contributed by atoms with Crippen molar-refractivity contribution in [2.45, 2.75) is 25.4 Å². The normalized spacial score (nSPS) is 19.1. The number of aliphatic hydroxyl groups is 1. The summed E-state index contributed by atoms with van der Waals surface area (Å²) in [6.45, 7) is 0. The summed E-state index contributed by atoms with van der Waals surface area (Å²) in [4.78, 5) is 0. The van der Waals surface area contributed by atoms with E-state index >= 15 is 0 Å². The maximum Gasteiger partial charge on any atom is 0.164 e. The third kappa shape index (κ3) is 1.52. The maximum atomic E-state index is 13.2. The molecule has 1 fully saturated rings. The predicted octanol–water partition coefficient (Wildman–Crippen LogP) is 2.80. The topological polar surface area (TPSA) is 20.2 Å². The Morgan fingerprint density at radius 2 is 2.00 bits per heavy atom. The van der Waals surface area contributed by atoms with Crippen LogP contribution in [0.15, 0.2) is 18.2 Å². The lowest BCUT2D eigenvalue weighted by Crippen LogP contribution is -2.21. The molecule has 0 saturated heterocycles. The minimum Gasteiger partial charge on any atom is -0.388 e. The van der Waals surface area contributed by atoms with Gasteiger partial charge in [-0.25, -0.2) is 8.78 Å². The highest BCUT2D eigenvalue weighted by molar-refractivity contribution is 5.22. The number of rotatable bonds is 2.